The van der Waals surface area contributed by atoms with E-state index in [4.69, 9.17) is 4.74 Å². The molecule has 130 valence electrons. The van der Waals surface area contributed by atoms with Crippen LogP contribution in [0.15, 0.2) is 42.5 Å². The van der Waals surface area contributed by atoms with Gasteiger partial charge in [-0.05, 0) is 32.0 Å². The van der Waals surface area contributed by atoms with Gasteiger partial charge in [-0.15, -0.1) is 0 Å². The lowest BCUT2D eigenvalue weighted by molar-refractivity contribution is -0.385. The number of para-hydroxylation sites is 1. The van der Waals surface area contributed by atoms with Crippen molar-refractivity contribution < 1.29 is 23.6 Å². The first kappa shape index (κ1) is 18.1. The molecule has 0 heterocycles. The molecule has 7 nitrogen and oxygen atoms in total. The van der Waals surface area contributed by atoms with E-state index in [1.54, 1.807) is 6.07 Å². The summed E-state index contributed by atoms with van der Waals surface area (Å²) in [5, 5.41) is 13.2. The Bertz CT molecular complexity index is 838. The van der Waals surface area contributed by atoms with Crippen LogP contribution in [0, 0.1) is 22.9 Å². The van der Waals surface area contributed by atoms with Gasteiger partial charge in [-0.2, -0.15) is 0 Å². The molecule has 0 spiro atoms. The number of rotatable bonds is 5. The molecule has 1 amide bonds. The van der Waals surface area contributed by atoms with Crippen molar-refractivity contribution in [1.29, 1.82) is 0 Å². The lowest BCUT2D eigenvalue weighted by Gasteiger charge is -2.14. The quantitative estimate of drug-likeness (QED) is 0.509. The van der Waals surface area contributed by atoms with Gasteiger partial charge < -0.3 is 10.1 Å². The van der Waals surface area contributed by atoms with Gasteiger partial charge in [-0.25, -0.2) is 9.18 Å². The molecule has 2 rings (SSSR count). The first-order valence-electron chi connectivity index (χ1n) is 7.31. The third-order valence-corrected chi connectivity index (χ3v) is 3.51. The van der Waals surface area contributed by atoms with E-state index in [2.05, 4.69) is 5.32 Å². The Hall–Kier alpha value is -3.29. The Balaban J connectivity index is 2.10. The number of hydrogen-bond donors (Lipinski definition) is 1. The van der Waals surface area contributed by atoms with Crippen molar-refractivity contribution >= 4 is 23.3 Å². The highest BCUT2D eigenvalue weighted by atomic mass is 19.1. The maximum atomic E-state index is 13.5. The summed E-state index contributed by atoms with van der Waals surface area (Å²) in [7, 11) is 0. The summed E-state index contributed by atoms with van der Waals surface area (Å²) in [5.74, 6) is -2.22. The van der Waals surface area contributed by atoms with Crippen molar-refractivity contribution in [3.63, 3.8) is 0 Å². The molecule has 0 aliphatic carbocycles. The second-order valence-electron chi connectivity index (χ2n) is 5.22. The highest BCUT2D eigenvalue weighted by Crippen LogP contribution is 2.22. The molecule has 0 bridgehead atoms. The normalized spacial score (nSPS) is 11.5. The summed E-state index contributed by atoms with van der Waals surface area (Å²) < 4.78 is 18.6. The fourth-order valence-corrected chi connectivity index (χ4v) is 2.12. The van der Waals surface area contributed by atoms with Crippen molar-refractivity contribution in [2.45, 2.75) is 20.0 Å². The number of amides is 1. The first-order valence-corrected chi connectivity index (χ1v) is 7.31. The second-order valence-corrected chi connectivity index (χ2v) is 5.22. The van der Waals surface area contributed by atoms with Gasteiger partial charge >= 0.3 is 5.97 Å². The van der Waals surface area contributed by atoms with E-state index in [-0.39, 0.29) is 22.5 Å². The minimum atomic E-state index is -1.22. The number of nitrogens with one attached hydrogen (secondary N) is 1. The van der Waals surface area contributed by atoms with Crippen LogP contribution in [0.5, 0.6) is 0 Å². The number of nitrogens with zero attached hydrogens (tertiary/aromatic N) is 1. The molecule has 0 saturated carbocycles. The van der Waals surface area contributed by atoms with Crippen LogP contribution in [0.3, 0.4) is 0 Å². The molecule has 0 saturated heterocycles. The Morgan fingerprint density at radius 3 is 2.52 bits per heavy atom. The van der Waals surface area contributed by atoms with E-state index in [0.717, 1.165) is 0 Å². The standard InChI is InChI=1S/C17H15FN2O5/c1-10-12(6-5-9-15(10)20(23)24)17(22)25-11(2)16(21)19-14-8-4-3-7-13(14)18/h3-9,11H,1-2H3,(H,19,21). The summed E-state index contributed by atoms with van der Waals surface area (Å²) in [6.07, 6.45) is -1.22. The van der Waals surface area contributed by atoms with Gasteiger partial charge in [0.25, 0.3) is 11.6 Å². The first-order chi connectivity index (χ1) is 11.8. The van der Waals surface area contributed by atoms with E-state index >= 15 is 0 Å². The van der Waals surface area contributed by atoms with Crippen LogP contribution in [0.25, 0.3) is 0 Å². The third-order valence-electron chi connectivity index (χ3n) is 3.51. The van der Waals surface area contributed by atoms with E-state index in [1.165, 1.54) is 50.2 Å². The predicted molar refractivity (Wildman–Crippen MR) is 87.7 cm³/mol. The van der Waals surface area contributed by atoms with E-state index in [0.29, 0.717) is 0 Å². The highest BCUT2D eigenvalue weighted by Gasteiger charge is 2.23. The number of nitro groups is 1. The Labute approximate surface area is 142 Å². The van der Waals surface area contributed by atoms with E-state index in [1.807, 2.05) is 0 Å². The van der Waals surface area contributed by atoms with Crippen molar-refractivity contribution in [2.75, 3.05) is 5.32 Å². The number of hydrogen-bond acceptors (Lipinski definition) is 5. The lowest BCUT2D eigenvalue weighted by atomic mass is 10.1. The van der Waals surface area contributed by atoms with Crippen molar-refractivity contribution in [3.05, 3.63) is 69.5 Å². The Kier molecular flexibility index (Phi) is 5.43. The Morgan fingerprint density at radius 1 is 1.20 bits per heavy atom. The van der Waals surface area contributed by atoms with Gasteiger partial charge in [0.15, 0.2) is 6.10 Å². The molecule has 25 heavy (non-hydrogen) atoms. The average Bonchev–Trinajstić information content (AvgIpc) is 2.56. The molecule has 1 N–H and O–H groups in total. The predicted octanol–water partition coefficient (Wildman–Crippen LogP) is 3.23. The van der Waals surface area contributed by atoms with Crippen LogP contribution >= 0.6 is 0 Å². The van der Waals surface area contributed by atoms with Crippen LogP contribution < -0.4 is 5.32 Å². The molecular formula is C17H15FN2O5. The van der Waals surface area contributed by atoms with Gasteiger partial charge in [0.05, 0.1) is 16.2 Å². The van der Waals surface area contributed by atoms with Crippen LogP contribution in [-0.4, -0.2) is 22.9 Å². The zero-order chi connectivity index (χ0) is 18.6. The van der Waals surface area contributed by atoms with Crippen LogP contribution in [0.4, 0.5) is 15.8 Å². The number of esters is 1. The van der Waals surface area contributed by atoms with Gasteiger partial charge in [0.1, 0.15) is 5.82 Å². The molecule has 0 radical (unpaired) electrons. The molecule has 1 atom stereocenters. The molecule has 8 heteroatoms. The Morgan fingerprint density at radius 2 is 1.88 bits per heavy atom. The number of ether oxygens (including phenoxy) is 1. The third kappa shape index (κ3) is 4.17. The summed E-state index contributed by atoms with van der Waals surface area (Å²) in [6, 6.07) is 9.55. The number of carbonyl (C=O) groups is 2. The average molecular weight is 346 g/mol. The lowest BCUT2D eigenvalue weighted by Crippen LogP contribution is -2.30. The summed E-state index contributed by atoms with van der Waals surface area (Å²) in [6.45, 7) is 2.74. The van der Waals surface area contributed by atoms with Crippen LogP contribution in [0.2, 0.25) is 0 Å². The number of anilines is 1. The highest BCUT2D eigenvalue weighted by molar-refractivity contribution is 5.98. The minimum Gasteiger partial charge on any atom is -0.449 e. The molecule has 0 aliphatic rings. The maximum absolute atomic E-state index is 13.5. The van der Waals surface area contributed by atoms with Gasteiger partial charge in [-0.1, -0.05) is 18.2 Å². The molecule has 0 fully saturated rings. The van der Waals surface area contributed by atoms with Crippen molar-refractivity contribution in [1.82, 2.24) is 0 Å². The SMILES string of the molecule is Cc1c(C(=O)OC(C)C(=O)Nc2ccccc2F)cccc1[N+](=O)[O-]. The zero-order valence-corrected chi connectivity index (χ0v) is 13.5. The fourth-order valence-electron chi connectivity index (χ4n) is 2.12. The van der Waals surface area contributed by atoms with E-state index < -0.39 is 28.7 Å². The molecule has 1 unspecified atom stereocenters. The molecule has 2 aromatic carbocycles. The minimum absolute atomic E-state index is 0.0141. The maximum Gasteiger partial charge on any atom is 0.339 e. The van der Waals surface area contributed by atoms with Crippen molar-refractivity contribution in [2.24, 2.45) is 0 Å². The smallest absolute Gasteiger partial charge is 0.339 e. The molecule has 2 aromatic rings. The number of benzene rings is 2. The zero-order valence-electron chi connectivity index (χ0n) is 13.5. The fraction of sp³-hybridized carbons (Fsp3) is 0.176. The largest absolute Gasteiger partial charge is 0.449 e. The molecule has 0 aliphatic heterocycles. The van der Waals surface area contributed by atoms with Gasteiger partial charge in [0, 0.05) is 11.6 Å². The molecule has 0 aromatic heterocycles. The topological polar surface area (TPSA) is 98.5 Å². The second kappa shape index (κ2) is 7.52. The summed E-state index contributed by atoms with van der Waals surface area (Å²) in [5.41, 5.74) is -0.140. The number of halogens is 1. The monoisotopic (exact) mass is 346 g/mol. The molecular weight excluding hydrogens is 331 g/mol. The summed E-state index contributed by atoms with van der Waals surface area (Å²) in [4.78, 5) is 34.5. The van der Waals surface area contributed by atoms with Crippen LogP contribution in [0.1, 0.15) is 22.8 Å². The van der Waals surface area contributed by atoms with Crippen LogP contribution in [-0.2, 0) is 9.53 Å². The van der Waals surface area contributed by atoms with E-state index in [9.17, 15) is 24.1 Å². The summed E-state index contributed by atoms with van der Waals surface area (Å²) >= 11 is 0. The van der Waals surface area contributed by atoms with Crippen molar-refractivity contribution in [3.8, 4) is 0 Å². The van der Waals surface area contributed by atoms with Gasteiger partial charge in [0.2, 0.25) is 0 Å². The van der Waals surface area contributed by atoms with Gasteiger partial charge in [-0.3, -0.25) is 14.9 Å². The number of nitro benzene ring substituents is 1. The number of carbonyl (C=O) groups excluding carboxylic acids is 2.